The SMILES string of the molecule is CC(C)=O.CC(C)O.COC.CS(C)(=O)=O.CS(C)=O.CSC. The summed E-state index contributed by atoms with van der Waals surface area (Å²) in [6.45, 7) is 6.50. The summed E-state index contributed by atoms with van der Waals surface area (Å²) in [6.07, 6.45) is 9.51. The quantitative estimate of drug-likeness (QED) is 0.665. The molecule has 0 bridgehead atoms. The largest absolute Gasteiger partial charge is 0.394 e. The Kier molecular flexibility index (Phi) is 56.3. The van der Waals surface area contributed by atoms with E-state index in [1.165, 1.54) is 13.8 Å². The molecule has 0 rings (SSSR count). The molecule has 0 saturated carbocycles. The second kappa shape index (κ2) is 33.6. The van der Waals surface area contributed by atoms with Crippen LogP contribution in [0.1, 0.15) is 27.7 Å². The van der Waals surface area contributed by atoms with Crippen molar-refractivity contribution in [2.45, 2.75) is 33.8 Å². The molecule has 0 heterocycles. The second-order valence-corrected chi connectivity index (χ2v) is 9.29. The number of hydrogen-bond acceptors (Lipinski definition) is 7. The molecule has 23 heavy (non-hydrogen) atoms. The topological polar surface area (TPSA) is 97.7 Å². The highest BCUT2D eigenvalue weighted by Crippen LogP contribution is 1.70. The van der Waals surface area contributed by atoms with Crippen molar-refractivity contribution in [1.29, 1.82) is 0 Å². The van der Waals surface area contributed by atoms with Crippen LogP contribution >= 0.6 is 11.8 Å². The van der Waals surface area contributed by atoms with Crippen LogP contribution in [0.5, 0.6) is 0 Å². The van der Waals surface area contributed by atoms with Crippen LogP contribution in [-0.2, 0) is 30.2 Å². The molecule has 0 unspecified atom stereocenters. The van der Waals surface area contributed by atoms with Crippen LogP contribution in [0.2, 0.25) is 0 Å². The number of carbonyl (C=O) groups excluding carboxylic acids is 1. The van der Waals surface area contributed by atoms with E-state index in [1.807, 2.05) is 12.5 Å². The Morgan fingerprint density at radius 2 is 1.09 bits per heavy atom. The Morgan fingerprint density at radius 1 is 1.09 bits per heavy atom. The molecule has 0 amide bonds. The summed E-state index contributed by atoms with van der Waals surface area (Å²) in [4.78, 5) is 9.44. The third-order valence-corrected chi connectivity index (χ3v) is 0. The number of ether oxygens (including phenoxy) is 1. The fourth-order valence-electron chi connectivity index (χ4n) is 0. The van der Waals surface area contributed by atoms with Crippen molar-refractivity contribution in [3.05, 3.63) is 0 Å². The highest BCUT2D eigenvalue weighted by atomic mass is 32.2. The lowest BCUT2D eigenvalue weighted by atomic mass is 10.5. The van der Waals surface area contributed by atoms with Gasteiger partial charge >= 0.3 is 0 Å². The van der Waals surface area contributed by atoms with Crippen molar-refractivity contribution in [2.24, 2.45) is 0 Å². The van der Waals surface area contributed by atoms with Gasteiger partial charge in [-0.25, -0.2) is 8.42 Å². The predicted octanol–water partition coefficient (Wildman–Crippen LogP) is 1.88. The zero-order chi connectivity index (χ0) is 20.6. The number of aliphatic hydroxyl groups excluding tert-OH is 1. The van der Waals surface area contributed by atoms with E-state index in [-0.39, 0.29) is 11.9 Å². The van der Waals surface area contributed by atoms with Gasteiger partial charge in [0.15, 0.2) is 0 Å². The number of methoxy groups -OCH3 is 1. The Morgan fingerprint density at radius 3 is 1.09 bits per heavy atom. The first-order valence-corrected chi connectivity index (χ1v) is 12.3. The molecule has 0 saturated heterocycles. The number of aliphatic hydroxyl groups is 1. The van der Waals surface area contributed by atoms with Crippen molar-refractivity contribution >= 4 is 38.2 Å². The van der Waals surface area contributed by atoms with E-state index in [9.17, 15) is 17.4 Å². The Bertz CT molecular complexity index is 282. The average Bonchev–Trinajstić information content (AvgIpc) is 2.12. The maximum absolute atomic E-state index is 9.63. The molecule has 1 N–H and O–H groups in total. The maximum Gasteiger partial charge on any atom is 0.144 e. The van der Waals surface area contributed by atoms with Crippen LogP contribution in [0.3, 0.4) is 0 Å². The van der Waals surface area contributed by atoms with E-state index in [2.05, 4.69) is 4.74 Å². The lowest BCUT2D eigenvalue weighted by Crippen LogP contribution is -1.86. The highest BCUT2D eigenvalue weighted by Gasteiger charge is 1.79. The number of carbonyl (C=O) groups is 1. The Balaban J connectivity index is -0.0000000381. The van der Waals surface area contributed by atoms with Crippen LogP contribution in [0.25, 0.3) is 0 Å². The lowest BCUT2D eigenvalue weighted by molar-refractivity contribution is -0.115. The molecule has 0 atom stereocenters. The summed E-state index contributed by atoms with van der Waals surface area (Å²) in [7, 11) is -0.0278. The van der Waals surface area contributed by atoms with Crippen LogP contribution in [0, 0.1) is 0 Å². The predicted molar refractivity (Wildman–Crippen MR) is 107 cm³/mol. The van der Waals surface area contributed by atoms with Gasteiger partial charge in [-0.05, 0) is 40.2 Å². The standard InChI is InChI=1S/C3H8O.C3H6O.C2H6O2S.C2H6OS.C2H6O.C2H6S/c2*1-3(2)4;1-5(2,3)4;1-4(2)3;2*1-3-2/h3-4H,1-2H3;1-2H3;1-2H3;1-2H3;2*1-2H3. The van der Waals surface area contributed by atoms with Gasteiger partial charge in [0.25, 0.3) is 0 Å². The van der Waals surface area contributed by atoms with Crippen LogP contribution in [-0.4, -0.2) is 81.4 Å². The van der Waals surface area contributed by atoms with Gasteiger partial charge in [-0.2, -0.15) is 11.8 Å². The Hall–Kier alpha value is 0.0400. The third-order valence-electron chi connectivity index (χ3n) is 0. The van der Waals surface area contributed by atoms with E-state index >= 15 is 0 Å². The molecule has 0 fully saturated rings. The Labute approximate surface area is 151 Å². The van der Waals surface area contributed by atoms with E-state index in [0.717, 1.165) is 12.5 Å². The first kappa shape index (κ1) is 38.5. The second-order valence-electron chi connectivity index (χ2n) is 4.70. The molecule has 0 spiro atoms. The van der Waals surface area contributed by atoms with Crippen LogP contribution in [0.4, 0.5) is 0 Å². The highest BCUT2D eigenvalue weighted by molar-refractivity contribution is 7.97. The van der Waals surface area contributed by atoms with Gasteiger partial charge in [0.1, 0.15) is 15.6 Å². The van der Waals surface area contributed by atoms with E-state index in [0.29, 0.717) is 0 Å². The molecular weight excluding hydrogens is 360 g/mol. The zero-order valence-corrected chi connectivity index (χ0v) is 19.2. The normalized spacial score (nSPS) is 8.30. The minimum atomic E-state index is -2.67. The lowest BCUT2D eigenvalue weighted by Gasteiger charge is -1.80. The third kappa shape index (κ3) is 5530000. The summed E-state index contributed by atoms with van der Waals surface area (Å²) in [5, 5.41) is 8.06. The fourth-order valence-corrected chi connectivity index (χ4v) is 0. The van der Waals surface area contributed by atoms with Crippen molar-refractivity contribution in [2.75, 3.05) is 51.8 Å². The molecule has 148 valence electrons. The fraction of sp³-hybridized carbons (Fsp3) is 0.929. The monoisotopic (exact) mass is 398 g/mol. The van der Waals surface area contributed by atoms with Gasteiger partial charge < -0.3 is 14.6 Å². The maximum atomic E-state index is 9.63. The van der Waals surface area contributed by atoms with Crippen molar-refractivity contribution in [3.8, 4) is 0 Å². The molecule has 0 aliphatic carbocycles. The average molecular weight is 399 g/mol. The van der Waals surface area contributed by atoms with Gasteiger partial charge in [-0.15, -0.1) is 0 Å². The summed E-state index contributed by atoms with van der Waals surface area (Å²) >= 11 is 1.75. The molecule has 6 nitrogen and oxygen atoms in total. The minimum Gasteiger partial charge on any atom is -0.394 e. The van der Waals surface area contributed by atoms with Crippen LogP contribution < -0.4 is 0 Å². The summed E-state index contributed by atoms with van der Waals surface area (Å²) in [5.74, 6) is 0.167. The first-order chi connectivity index (χ1) is 10.0. The molecule has 0 aromatic heterocycles. The van der Waals surface area contributed by atoms with Gasteiger partial charge in [0.05, 0.1) is 0 Å². The van der Waals surface area contributed by atoms with Crippen molar-refractivity contribution in [3.63, 3.8) is 0 Å². The zero-order valence-electron chi connectivity index (χ0n) is 16.8. The van der Waals surface area contributed by atoms with Gasteiger partial charge in [0, 0.05) is 56.1 Å². The number of rotatable bonds is 0. The number of hydrogen-bond donors (Lipinski definition) is 1. The number of ketones is 1. The molecule has 0 aromatic carbocycles. The summed E-state index contributed by atoms with van der Waals surface area (Å²) < 4.78 is 33.1. The van der Waals surface area contributed by atoms with E-state index in [4.69, 9.17) is 5.11 Å². The number of thioether (sulfide) groups is 1. The van der Waals surface area contributed by atoms with Crippen molar-refractivity contribution < 1.29 is 27.3 Å². The molecule has 9 heteroatoms. The smallest absolute Gasteiger partial charge is 0.144 e. The van der Waals surface area contributed by atoms with Crippen LogP contribution in [0.15, 0.2) is 0 Å². The number of Topliss-reactive ketones (excluding diaryl/α,β-unsaturated/α-hetero) is 1. The molecule has 0 radical (unpaired) electrons. The molecule has 0 aliphatic rings. The molecule has 0 aliphatic heterocycles. The summed E-state index contributed by atoms with van der Waals surface area (Å²) in [5.41, 5.74) is 0. The van der Waals surface area contributed by atoms with Crippen molar-refractivity contribution in [1.82, 2.24) is 0 Å². The van der Waals surface area contributed by atoms with E-state index in [1.54, 1.807) is 52.3 Å². The van der Waals surface area contributed by atoms with Gasteiger partial charge in [0.2, 0.25) is 0 Å². The van der Waals surface area contributed by atoms with Gasteiger partial charge in [-0.1, -0.05) is 0 Å². The van der Waals surface area contributed by atoms with Gasteiger partial charge in [-0.3, -0.25) is 4.21 Å². The molecular formula is C14H38O6S3. The first-order valence-electron chi connectivity index (χ1n) is 6.38. The number of sulfone groups is 1. The summed E-state index contributed by atoms with van der Waals surface area (Å²) in [6, 6.07) is 0. The molecule has 0 aromatic rings. The minimum absolute atomic E-state index is 0.167. The van der Waals surface area contributed by atoms with E-state index < -0.39 is 20.6 Å².